The molecule has 1 aromatic heterocycles. The Morgan fingerprint density at radius 3 is 2.66 bits per heavy atom. The minimum absolute atomic E-state index is 0.0430. The smallest absolute Gasteiger partial charge is 0.317 e. The Kier molecular flexibility index (Phi) is 5.41. The number of carboxylic acids is 1. The van der Waals surface area contributed by atoms with E-state index in [0.717, 1.165) is 42.3 Å². The molecule has 4 rings (SSSR count). The van der Waals surface area contributed by atoms with Gasteiger partial charge in [-0.1, -0.05) is 6.92 Å². The van der Waals surface area contributed by atoms with Crippen molar-refractivity contribution in [2.24, 2.45) is 0 Å². The Morgan fingerprint density at radius 1 is 1.28 bits per heavy atom. The molecule has 0 saturated heterocycles. The van der Waals surface area contributed by atoms with E-state index in [1.807, 2.05) is 36.1 Å². The lowest BCUT2D eigenvalue weighted by Crippen LogP contribution is -2.54. The lowest BCUT2D eigenvalue weighted by molar-refractivity contribution is -0.139. The number of nitrogens with one attached hydrogen (secondary N) is 1. The Hall–Kier alpha value is -2.67. The van der Waals surface area contributed by atoms with Crippen LogP contribution in [0.5, 0.6) is 5.75 Å². The number of fused-ring (bicyclic) bond motifs is 1. The summed E-state index contributed by atoms with van der Waals surface area (Å²) in [4.78, 5) is 30.8. The number of methoxy groups -OCH3 is 1. The maximum Gasteiger partial charge on any atom is 0.317 e. The number of hydrogen-bond acceptors (Lipinski definition) is 5. The number of carbonyl (C=O) groups is 2. The number of rotatable bonds is 8. The minimum atomic E-state index is -0.816. The molecule has 0 bridgehead atoms. The first-order valence-electron chi connectivity index (χ1n) is 10.2. The van der Waals surface area contributed by atoms with Crippen LogP contribution in [0.2, 0.25) is 0 Å². The summed E-state index contributed by atoms with van der Waals surface area (Å²) in [5.41, 5.74) is 2.43. The summed E-state index contributed by atoms with van der Waals surface area (Å²) >= 11 is 0. The van der Waals surface area contributed by atoms with Crippen molar-refractivity contribution >= 4 is 22.8 Å². The monoisotopic (exact) mass is 397 g/mol. The molecule has 2 saturated carbocycles. The highest BCUT2D eigenvalue weighted by atomic mass is 16.5. The average Bonchev–Trinajstić information content (AvgIpc) is 3.52. The first-order valence-corrected chi connectivity index (χ1v) is 10.2. The van der Waals surface area contributed by atoms with Gasteiger partial charge < -0.3 is 15.2 Å². The van der Waals surface area contributed by atoms with E-state index in [4.69, 9.17) is 14.8 Å². The number of pyridine rings is 1. The highest BCUT2D eigenvalue weighted by molar-refractivity contribution is 6.06. The first kappa shape index (κ1) is 19.6. The lowest BCUT2D eigenvalue weighted by Gasteiger charge is -2.42. The van der Waals surface area contributed by atoms with Gasteiger partial charge in [0.25, 0.3) is 5.91 Å². The molecule has 7 nitrogen and oxygen atoms in total. The standard InChI is InChI=1S/C22H27N3O4/c1-3-25(12-21(26)27)15-8-14(9-15)23-22(28)18-11-20(13-4-5-13)24-19-7-6-16(29-2)10-17(18)19/h6-7,10-11,13-15H,3-5,8-9,12H2,1-2H3,(H,23,28)(H,26,27). The van der Waals surface area contributed by atoms with E-state index >= 15 is 0 Å². The quantitative estimate of drug-likeness (QED) is 0.712. The Balaban J connectivity index is 1.50. The number of benzene rings is 1. The lowest BCUT2D eigenvalue weighted by atomic mass is 9.85. The second kappa shape index (κ2) is 7.99. The molecule has 154 valence electrons. The van der Waals surface area contributed by atoms with Crippen molar-refractivity contribution in [2.75, 3.05) is 20.2 Å². The normalized spacial score (nSPS) is 21.1. The predicted molar refractivity (Wildman–Crippen MR) is 109 cm³/mol. The van der Waals surface area contributed by atoms with Crippen molar-refractivity contribution in [2.45, 2.75) is 50.6 Å². The molecule has 2 N–H and O–H groups in total. The fraction of sp³-hybridized carbons (Fsp3) is 0.500. The van der Waals surface area contributed by atoms with E-state index in [2.05, 4.69) is 5.32 Å². The van der Waals surface area contributed by atoms with E-state index < -0.39 is 5.97 Å². The number of nitrogens with zero attached hydrogens (tertiary/aromatic N) is 2. The average molecular weight is 397 g/mol. The predicted octanol–water partition coefficient (Wildman–Crippen LogP) is 2.79. The summed E-state index contributed by atoms with van der Waals surface area (Å²) in [6.07, 6.45) is 3.79. The van der Waals surface area contributed by atoms with Crippen molar-refractivity contribution in [1.82, 2.24) is 15.2 Å². The molecule has 1 heterocycles. The number of aliphatic carboxylic acids is 1. The van der Waals surface area contributed by atoms with Gasteiger partial charge >= 0.3 is 5.97 Å². The van der Waals surface area contributed by atoms with Crippen LogP contribution in [0.4, 0.5) is 0 Å². The maximum atomic E-state index is 13.1. The van der Waals surface area contributed by atoms with Gasteiger partial charge in [-0.15, -0.1) is 0 Å². The fourth-order valence-corrected chi connectivity index (χ4v) is 4.07. The van der Waals surface area contributed by atoms with Crippen LogP contribution in [0.25, 0.3) is 10.9 Å². The van der Waals surface area contributed by atoms with Crippen LogP contribution in [0, 0.1) is 0 Å². The van der Waals surface area contributed by atoms with Crippen LogP contribution < -0.4 is 10.1 Å². The van der Waals surface area contributed by atoms with Gasteiger partial charge in [0.05, 0.1) is 24.7 Å². The minimum Gasteiger partial charge on any atom is -0.497 e. The highest BCUT2D eigenvalue weighted by Crippen LogP contribution is 2.40. The zero-order chi connectivity index (χ0) is 20.5. The van der Waals surface area contributed by atoms with E-state index in [-0.39, 0.29) is 24.5 Å². The van der Waals surface area contributed by atoms with Crippen LogP contribution in [-0.2, 0) is 4.79 Å². The van der Waals surface area contributed by atoms with Crippen LogP contribution in [0.1, 0.15) is 54.6 Å². The second-order valence-electron chi connectivity index (χ2n) is 8.00. The highest BCUT2D eigenvalue weighted by Gasteiger charge is 2.35. The zero-order valence-corrected chi connectivity index (χ0v) is 16.9. The molecular formula is C22H27N3O4. The summed E-state index contributed by atoms with van der Waals surface area (Å²) in [6.45, 7) is 2.70. The third-order valence-electron chi connectivity index (χ3n) is 5.99. The van der Waals surface area contributed by atoms with Crippen molar-refractivity contribution in [1.29, 1.82) is 0 Å². The van der Waals surface area contributed by atoms with Crippen molar-refractivity contribution in [3.8, 4) is 5.75 Å². The Labute approximate surface area is 170 Å². The number of ether oxygens (including phenoxy) is 1. The van der Waals surface area contributed by atoms with E-state index in [1.54, 1.807) is 7.11 Å². The van der Waals surface area contributed by atoms with Gasteiger partial charge in [0.1, 0.15) is 5.75 Å². The summed E-state index contributed by atoms with van der Waals surface area (Å²) in [7, 11) is 1.61. The van der Waals surface area contributed by atoms with E-state index in [0.29, 0.717) is 23.8 Å². The summed E-state index contributed by atoms with van der Waals surface area (Å²) < 4.78 is 5.33. The van der Waals surface area contributed by atoms with Crippen molar-refractivity contribution < 1.29 is 19.4 Å². The molecule has 2 aromatic rings. The second-order valence-corrected chi connectivity index (χ2v) is 8.00. The number of aromatic nitrogens is 1. The number of amides is 1. The van der Waals surface area contributed by atoms with Crippen LogP contribution in [0.15, 0.2) is 24.3 Å². The van der Waals surface area contributed by atoms with Gasteiger partial charge in [-0.05, 0) is 56.5 Å². The SMILES string of the molecule is CCN(CC(=O)O)C1CC(NC(=O)c2cc(C3CC3)nc3ccc(OC)cc23)C1. The van der Waals surface area contributed by atoms with Crippen LogP contribution in [0.3, 0.4) is 0 Å². The van der Waals surface area contributed by atoms with Crippen molar-refractivity contribution in [3.05, 3.63) is 35.5 Å². The van der Waals surface area contributed by atoms with Gasteiger partial charge in [0.15, 0.2) is 0 Å². The Bertz CT molecular complexity index is 935. The number of carbonyl (C=O) groups excluding carboxylic acids is 1. The number of carboxylic acid groups (broad SMARTS) is 1. The van der Waals surface area contributed by atoms with E-state index in [9.17, 15) is 9.59 Å². The number of hydrogen-bond donors (Lipinski definition) is 2. The molecule has 0 spiro atoms. The third kappa shape index (κ3) is 4.19. The summed E-state index contributed by atoms with van der Waals surface area (Å²) in [5, 5.41) is 13.0. The van der Waals surface area contributed by atoms with Gasteiger partial charge in [-0.3, -0.25) is 19.5 Å². The summed E-state index contributed by atoms with van der Waals surface area (Å²) in [6, 6.07) is 7.83. The van der Waals surface area contributed by atoms with Crippen LogP contribution >= 0.6 is 0 Å². The molecule has 1 amide bonds. The maximum absolute atomic E-state index is 13.1. The van der Waals surface area contributed by atoms with Crippen LogP contribution in [-0.4, -0.2) is 59.1 Å². The third-order valence-corrected chi connectivity index (χ3v) is 5.99. The van der Waals surface area contributed by atoms with Gasteiger partial charge in [-0.25, -0.2) is 0 Å². The molecule has 7 heteroatoms. The van der Waals surface area contributed by atoms with Gasteiger partial charge in [0, 0.05) is 29.1 Å². The zero-order valence-electron chi connectivity index (χ0n) is 16.9. The molecule has 2 aliphatic rings. The molecule has 2 aliphatic carbocycles. The molecule has 0 aliphatic heterocycles. The molecule has 0 atom stereocenters. The van der Waals surface area contributed by atoms with E-state index in [1.165, 1.54) is 0 Å². The molecule has 0 unspecified atom stereocenters. The molecule has 1 aromatic carbocycles. The Morgan fingerprint density at radius 2 is 2.03 bits per heavy atom. The largest absolute Gasteiger partial charge is 0.497 e. The van der Waals surface area contributed by atoms with Crippen molar-refractivity contribution in [3.63, 3.8) is 0 Å². The molecule has 2 fully saturated rings. The van der Waals surface area contributed by atoms with Gasteiger partial charge in [0.2, 0.25) is 0 Å². The fourth-order valence-electron chi connectivity index (χ4n) is 4.07. The molecule has 0 radical (unpaired) electrons. The summed E-state index contributed by atoms with van der Waals surface area (Å²) in [5.74, 6) is 0.236. The first-order chi connectivity index (χ1) is 14.0. The van der Waals surface area contributed by atoms with Gasteiger partial charge in [-0.2, -0.15) is 0 Å². The topological polar surface area (TPSA) is 91.8 Å². The molecule has 29 heavy (non-hydrogen) atoms. The molecular weight excluding hydrogens is 370 g/mol. The number of likely N-dealkylation sites (N-methyl/N-ethyl adjacent to an activating group) is 1.